The van der Waals surface area contributed by atoms with Gasteiger partial charge in [0, 0.05) is 13.0 Å². The van der Waals surface area contributed by atoms with Crippen molar-refractivity contribution < 1.29 is 13.2 Å². The molecule has 1 unspecified atom stereocenters. The lowest BCUT2D eigenvalue weighted by Gasteiger charge is -2.36. The van der Waals surface area contributed by atoms with E-state index in [1.807, 2.05) is 6.07 Å². The summed E-state index contributed by atoms with van der Waals surface area (Å²) >= 11 is 12.1. The van der Waals surface area contributed by atoms with Crippen LogP contribution >= 0.6 is 23.2 Å². The molecule has 1 atom stereocenters. The Morgan fingerprint density at radius 3 is 2.66 bits per heavy atom. The molecule has 1 fully saturated rings. The molecule has 9 heteroatoms. The van der Waals surface area contributed by atoms with E-state index >= 15 is 0 Å². The third-order valence-corrected chi connectivity index (χ3v) is 5.58. The first kappa shape index (κ1) is 19.7. The van der Waals surface area contributed by atoms with Crippen molar-refractivity contribution in [2.24, 2.45) is 5.92 Å². The van der Waals surface area contributed by atoms with Crippen molar-refractivity contribution in [2.75, 3.05) is 18.0 Å². The molecule has 0 bridgehead atoms. The Morgan fingerprint density at radius 1 is 1.14 bits per heavy atom. The van der Waals surface area contributed by atoms with Gasteiger partial charge in [-0.05, 0) is 29.3 Å². The topological polar surface area (TPSA) is 52.8 Å². The summed E-state index contributed by atoms with van der Waals surface area (Å²) in [6.45, 7) is -0.551. The van der Waals surface area contributed by atoms with E-state index in [0.29, 0.717) is 21.2 Å². The van der Waals surface area contributed by atoms with E-state index in [4.69, 9.17) is 23.2 Å². The molecule has 0 saturated carbocycles. The Balaban J connectivity index is 1.95. The summed E-state index contributed by atoms with van der Waals surface area (Å²) in [5.41, 5.74) is 1.14. The fraction of sp³-hybridized carbons (Fsp3) is 0.250. The Hall–Kier alpha value is -2.56. The van der Waals surface area contributed by atoms with Crippen molar-refractivity contribution >= 4 is 39.9 Å². The van der Waals surface area contributed by atoms with Gasteiger partial charge in [0.05, 0.1) is 34.0 Å². The van der Waals surface area contributed by atoms with E-state index < -0.39 is 30.6 Å². The van der Waals surface area contributed by atoms with Gasteiger partial charge in [0.2, 0.25) is 0 Å². The van der Waals surface area contributed by atoms with Crippen molar-refractivity contribution in [3.8, 4) is 17.2 Å². The summed E-state index contributed by atoms with van der Waals surface area (Å²) in [5, 5.41) is 10.1. The highest BCUT2D eigenvalue weighted by molar-refractivity contribution is 6.42. The second kappa shape index (κ2) is 7.36. The first-order valence-electron chi connectivity index (χ1n) is 8.70. The number of hydrogen-bond acceptors (Lipinski definition) is 4. The molecular formula is C20H13Cl2F3N4. The lowest BCUT2D eigenvalue weighted by Crippen LogP contribution is -2.47. The molecule has 0 radical (unpaired) electrons. The molecule has 1 saturated heterocycles. The number of anilines is 1. The lowest BCUT2D eigenvalue weighted by molar-refractivity contribution is -0.0216. The molecule has 0 amide bonds. The molecule has 1 aromatic heterocycles. The standard InChI is InChI=1S/C20H13Cl2F3N4/c21-14-3-1-12(5-15(14)22)13-2-4-16(23)18-17(13)19(28-10-27-18)29-8-11(7-26)6-20(24,25)9-29/h1-5,10-11H,6,8-9H2. The van der Waals surface area contributed by atoms with Crippen LogP contribution in [-0.2, 0) is 0 Å². The highest BCUT2D eigenvalue weighted by Crippen LogP contribution is 2.40. The number of rotatable bonds is 2. The number of hydrogen-bond donors (Lipinski definition) is 0. The van der Waals surface area contributed by atoms with Gasteiger partial charge in [0.15, 0.2) is 0 Å². The zero-order valence-corrected chi connectivity index (χ0v) is 16.4. The van der Waals surface area contributed by atoms with Crippen LogP contribution in [0.15, 0.2) is 36.7 Å². The maximum absolute atomic E-state index is 14.5. The van der Waals surface area contributed by atoms with Crippen LogP contribution in [0.25, 0.3) is 22.0 Å². The second-order valence-electron chi connectivity index (χ2n) is 6.91. The van der Waals surface area contributed by atoms with Crippen LogP contribution in [0.3, 0.4) is 0 Å². The minimum atomic E-state index is -3.06. The average Bonchev–Trinajstić information content (AvgIpc) is 2.69. The van der Waals surface area contributed by atoms with Gasteiger partial charge in [0.25, 0.3) is 5.92 Å². The van der Waals surface area contributed by atoms with Crippen molar-refractivity contribution in [2.45, 2.75) is 12.3 Å². The summed E-state index contributed by atoms with van der Waals surface area (Å²) in [5.74, 6) is -4.39. The molecule has 1 aliphatic rings. The molecule has 4 nitrogen and oxygen atoms in total. The summed E-state index contributed by atoms with van der Waals surface area (Å²) in [7, 11) is 0. The molecule has 2 aromatic carbocycles. The van der Waals surface area contributed by atoms with Gasteiger partial charge in [-0.3, -0.25) is 0 Å². The molecule has 29 heavy (non-hydrogen) atoms. The van der Waals surface area contributed by atoms with Crippen molar-refractivity contribution in [3.63, 3.8) is 0 Å². The fourth-order valence-corrected chi connectivity index (χ4v) is 3.91. The molecule has 0 N–H and O–H groups in total. The summed E-state index contributed by atoms with van der Waals surface area (Å²) < 4.78 is 43.0. The van der Waals surface area contributed by atoms with Crippen LogP contribution < -0.4 is 4.90 Å². The maximum atomic E-state index is 14.5. The molecule has 0 spiro atoms. The van der Waals surface area contributed by atoms with Crippen LogP contribution in [0.1, 0.15) is 6.42 Å². The van der Waals surface area contributed by atoms with Gasteiger partial charge >= 0.3 is 0 Å². The molecular weight excluding hydrogens is 424 g/mol. The molecule has 1 aliphatic heterocycles. The summed E-state index contributed by atoms with van der Waals surface area (Å²) in [6.07, 6.45) is 0.616. The van der Waals surface area contributed by atoms with Crippen LogP contribution in [0.2, 0.25) is 10.0 Å². The second-order valence-corrected chi connectivity index (χ2v) is 7.73. The Kier molecular flexibility index (Phi) is 5.01. The number of halogens is 5. The minimum absolute atomic E-state index is 0.000898. The Morgan fingerprint density at radius 2 is 1.93 bits per heavy atom. The molecule has 0 aliphatic carbocycles. The summed E-state index contributed by atoms with van der Waals surface area (Å²) in [4.78, 5) is 9.51. The van der Waals surface area contributed by atoms with E-state index in [-0.39, 0.29) is 23.3 Å². The zero-order valence-electron chi connectivity index (χ0n) is 14.8. The van der Waals surface area contributed by atoms with Crippen LogP contribution in [0.4, 0.5) is 19.0 Å². The number of nitrogens with zero attached hydrogens (tertiary/aromatic N) is 4. The molecule has 3 aromatic rings. The highest BCUT2D eigenvalue weighted by atomic mass is 35.5. The number of nitriles is 1. The maximum Gasteiger partial charge on any atom is 0.266 e. The number of alkyl halides is 2. The van der Waals surface area contributed by atoms with Gasteiger partial charge in [-0.1, -0.05) is 35.3 Å². The fourth-order valence-electron chi connectivity index (χ4n) is 3.62. The van der Waals surface area contributed by atoms with Crippen LogP contribution in [0, 0.1) is 23.1 Å². The quantitative estimate of drug-likeness (QED) is 0.514. The molecule has 148 valence electrons. The Bertz CT molecular complexity index is 1150. The monoisotopic (exact) mass is 436 g/mol. The third kappa shape index (κ3) is 3.70. The number of benzene rings is 2. The number of piperidine rings is 1. The van der Waals surface area contributed by atoms with Gasteiger partial charge in [-0.25, -0.2) is 23.1 Å². The third-order valence-electron chi connectivity index (χ3n) is 4.84. The predicted molar refractivity (Wildman–Crippen MR) is 106 cm³/mol. The summed E-state index contributed by atoms with van der Waals surface area (Å²) in [6, 6.07) is 9.58. The van der Waals surface area contributed by atoms with Crippen molar-refractivity contribution in [1.82, 2.24) is 9.97 Å². The van der Waals surface area contributed by atoms with Crippen molar-refractivity contribution in [3.05, 3.63) is 52.5 Å². The normalized spacial score (nSPS) is 18.6. The smallest absolute Gasteiger partial charge is 0.266 e. The first-order chi connectivity index (χ1) is 13.8. The SMILES string of the molecule is N#CC1CN(c2ncnc3c(F)ccc(-c4ccc(Cl)c(Cl)c4)c23)CC(F)(F)C1. The highest BCUT2D eigenvalue weighted by Gasteiger charge is 2.41. The van der Waals surface area contributed by atoms with E-state index in [1.165, 1.54) is 17.0 Å². The van der Waals surface area contributed by atoms with Gasteiger partial charge in [-0.2, -0.15) is 5.26 Å². The minimum Gasteiger partial charge on any atom is -0.349 e. The first-order valence-corrected chi connectivity index (χ1v) is 9.46. The van der Waals surface area contributed by atoms with Crippen LogP contribution in [-0.4, -0.2) is 29.0 Å². The average molecular weight is 437 g/mol. The van der Waals surface area contributed by atoms with E-state index in [9.17, 15) is 18.4 Å². The van der Waals surface area contributed by atoms with Gasteiger partial charge in [0.1, 0.15) is 23.5 Å². The lowest BCUT2D eigenvalue weighted by atomic mass is 9.95. The van der Waals surface area contributed by atoms with Gasteiger partial charge < -0.3 is 4.90 Å². The largest absolute Gasteiger partial charge is 0.349 e. The predicted octanol–water partition coefficient (Wildman–Crippen LogP) is 5.73. The van der Waals surface area contributed by atoms with E-state index in [1.54, 1.807) is 18.2 Å². The Labute approximate surface area is 174 Å². The molecule has 2 heterocycles. The van der Waals surface area contributed by atoms with E-state index in [0.717, 1.165) is 6.33 Å². The van der Waals surface area contributed by atoms with Crippen molar-refractivity contribution in [1.29, 1.82) is 5.26 Å². The van der Waals surface area contributed by atoms with Crippen LogP contribution in [0.5, 0.6) is 0 Å². The van der Waals surface area contributed by atoms with Gasteiger partial charge in [-0.15, -0.1) is 0 Å². The number of aromatic nitrogens is 2. The zero-order chi connectivity index (χ0) is 20.8. The molecule has 4 rings (SSSR count). The van der Waals surface area contributed by atoms with E-state index in [2.05, 4.69) is 9.97 Å². The number of fused-ring (bicyclic) bond motifs is 1.